The van der Waals surface area contributed by atoms with Crippen LogP contribution in [-0.4, -0.2) is 30.7 Å². The Kier molecular flexibility index (Phi) is 4.12. The summed E-state index contributed by atoms with van der Waals surface area (Å²) in [6, 6.07) is 18.7. The zero-order valence-electron chi connectivity index (χ0n) is 14.9. The second kappa shape index (κ2) is 6.61. The highest BCUT2D eigenvalue weighted by Gasteiger charge is 2.22. The number of esters is 1. The first-order valence-electron chi connectivity index (χ1n) is 8.44. The summed E-state index contributed by atoms with van der Waals surface area (Å²) in [5.74, 6) is -0.275. The number of aromatic nitrogens is 1. The minimum atomic E-state index is -0.483. The minimum absolute atomic E-state index is 0.274. The van der Waals surface area contributed by atoms with E-state index in [-0.39, 0.29) is 5.91 Å². The number of rotatable bonds is 3. The van der Waals surface area contributed by atoms with Crippen molar-refractivity contribution in [1.29, 1.82) is 0 Å². The van der Waals surface area contributed by atoms with Crippen LogP contribution in [0.25, 0.3) is 21.7 Å². The van der Waals surface area contributed by atoms with Crippen molar-refractivity contribution < 1.29 is 19.1 Å². The van der Waals surface area contributed by atoms with E-state index in [2.05, 4.69) is 0 Å². The Morgan fingerprint density at radius 2 is 1.52 bits per heavy atom. The van der Waals surface area contributed by atoms with Crippen molar-refractivity contribution >= 4 is 33.6 Å². The van der Waals surface area contributed by atoms with Crippen LogP contribution >= 0.6 is 0 Å². The summed E-state index contributed by atoms with van der Waals surface area (Å²) in [6.07, 6.45) is 1.52. The zero-order chi connectivity index (χ0) is 19.0. The normalized spacial score (nSPS) is 10.9. The summed E-state index contributed by atoms with van der Waals surface area (Å²) in [6.45, 7) is 0. The average Bonchev–Trinajstić information content (AvgIpc) is 3.11. The Hall–Kier alpha value is -3.60. The number of para-hydroxylation sites is 1. The molecule has 0 aliphatic carbocycles. The molecule has 134 valence electrons. The predicted molar refractivity (Wildman–Crippen MR) is 104 cm³/mol. The average molecular weight is 359 g/mol. The molecule has 0 aliphatic rings. The SMILES string of the molecule is COC(=O)c1cn(C(=O)c2cc3ccccc3cc2OC)c2ccccc12. The lowest BCUT2D eigenvalue weighted by atomic mass is 10.1. The lowest BCUT2D eigenvalue weighted by Gasteiger charge is -2.11. The largest absolute Gasteiger partial charge is 0.496 e. The van der Waals surface area contributed by atoms with Crippen LogP contribution in [0.3, 0.4) is 0 Å². The number of nitrogens with zero attached hydrogens (tertiary/aromatic N) is 1. The molecule has 5 heteroatoms. The van der Waals surface area contributed by atoms with E-state index in [0.717, 1.165) is 10.8 Å². The first kappa shape index (κ1) is 16.8. The molecule has 1 heterocycles. The fourth-order valence-electron chi connectivity index (χ4n) is 3.31. The Morgan fingerprint density at radius 1 is 0.852 bits per heavy atom. The summed E-state index contributed by atoms with van der Waals surface area (Å²) < 4.78 is 11.8. The minimum Gasteiger partial charge on any atom is -0.496 e. The number of hydrogen-bond acceptors (Lipinski definition) is 4. The van der Waals surface area contributed by atoms with Gasteiger partial charge in [0.05, 0.1) is 30.9 Å². The van der Waals surface area contributed by atoms with Gasteiger partial charge in [-0.25, -0.2) is 4.79 Å². The van der Waals surface area contributed by atoms with Gasteiger partial charge >= 0.3 is 5.97 Å². The van der Waals surface area contributed by atoms with Crippen LogP contribution in [0.2, 0.25) is 0 Å². The topological polar surface area (TPSA) is 57.5 Å². The van der Waals surface area contributed by atoms with E-state index >= 15 is 0 Å². The fourth-order valence-corrected chi connectivity index (χ4v) is 3.31. The van der Waals surface area contributed by atoms with Crippen molar-refractivity contribution in [3.63, 3.8) is 0 Å². The standard InChI is InChI=1S/C22H17NO4/c1-26-20-12-15-8-4-3-7-14(15)11-17(20)21(24)23-13-18(22(25)27-2)16-9-5-6-10-19(16)23/h3-13H,1-2H3. The molecular formula is C22H17NO4. The van der Waals surface area contributed by atoms with Crippen LogP contribution in [-0.2, 0) is 4.74 Å². The number of ether oxygens (including phenoxy) is 2. The number of methoxy groups -OCH3 is 2. The smallest absolute Gasteiger partial charge is 0.340 e. The van der Waals surface area contributed by atoms with Gasteiger partial charge in [-0.15, -0.1) is 0 Å². The van der Waals surface area contributed by atoms with Crippen LogP contribution in [0.15, 0.2) is 66.9 Å². The van der Waals surface area contributed by atoms with E-state index in [1.807, 2.05) is 48.5 Å². The van der Waals surface area contributed by atoms with Gasteiger partial charge < -0.3 is 9.47 Å². The van der Waals surface area contributed by atoms with Crippen LogP contribution in [0.5, 0.6) is 5.75 Å². The summed E-state index contributed by atoms with van der Waals surface area (Å²) in [5.41, 5.74) is 1.41. The molecule has 0 saturated carbocycles. The van der Waals surface area contributed by atoms with Crippen molar-refractivity contribution in [1.82, 2.24) is 4.57 Å². The van der Waals surface area contributed by atoms with E-state index in [9.17, 15) is 9.59 Å². The Bertz CT molecular complexity index is 1190. The molecule has 0 bridgehead atoms. The Balaban J connectivity index is 1.93. The van der Waals surface area contributed by atoms with E-state index in [4.69, 9.17) is 9.47 Å². The number of carbonyl (C=O) groups excluding carboxylic acids is 2. The lowest BCUT2D eigenvalue weighted by Crippen LogP contribution is -2.12. The lowest BCUT2D eigenvalue weighted by molar-refractivity contribution is 0.0603. The van der Waals surface area contributed by atoms with Gasteiger partial charge in [-0.05, 0) is 29.0 Å². The molecule has 0 aliphatic heterocycles. The van der Waals surface area contributed by atoms with E-state index < -0.39 is 5.97 Å². The highest BCUT2D eigenvalue weighted by molar-refractivity contribution is 6.11. The maximum atomic E-state index is 13.3. The number of carbonyl (C=O) groups is 2. The third-order valence-electron chi connectivity index (χ3n) is 4.63. The van der Waals surface area contributed by atoms with Crippen molar-refractivity contribution in [2.24, 2.45) is 0 Å². The fraction of sp³-hybridized carbons (Fsp3) is 0.0909. The van der Waals surface area contributed by atoms with Gasteiger partial charge in [-0.3, -0.25) is 9.36 Å². The molecular weight excluding hydrogens is 342 g/mol. The second-order valence-electron chi connectivity index (χ2n) is 6.13. The molecule has 4 rings (SSSR count). The quantitative estimate of drug-likeness (QED) is 0.512. The first-order valence-corrected chi connectivity index (χ1v) is 8.44. The molecule has 0 radical (unpaired) electrons. The van der Waals surface area contributed by atoms with Crippen LogP contribution < -0.4 is 4.74 Å². The molecule has 0 amide bonds. The second-order valence-corrected chi connectivity index (χ2v) is 6.13. The summed E-state index contributed by atoms with van der Waals surface area (Å²) in [7, 11) is 2.86. The highest BCUT2D eigenvalue weighted by Crippen LogP contribution is 2.29. The van der Waals surface area contributed by atoms with Crippen LogP contribution in [0.1, 0.15) is 20.7 Å². The van der Waals surface area contributed by atoms with E-state index in [1.165, 1.54) is 25.0 Å². The molecule has 1 aromatic heterocycles. The maximum Gasteiger partial charge on any atom is 0.340 e. The van der Waals surface area contributed by atoms with E-state index in [1.54, 1.807) is 12.1 Å². The number of benzene rings is 3. The van der Waals surface area contributed by atoms with Crippen LogP contribution in [0.4, 0.5) is 0 Å². The van der Waals surface area contributed by atoms with Gasteiger partial charge in [0.15, 0.2) is 0 Å². The first-order chi connectivity index (χ1) is 13.1. The van der Waals surface area contributed by atoms with Crippen LogP contribution in [0, 0.1) is 0 Å². The summed E-state index contributed by atoms with van der Waals surface area (Å²) in [4.78, 5) is 25.5. The highest BCUT2D eigenvalue weighted by atomic mass is 16.5. The Morgan fingerprint density at radius 3 is 2.22 bits per heavy atom. The Labute approximate surface area is 155 Å². The van der Waals surface area contributed by atoms with Crippen molar-refractivity contribution in [3.8, 4) is 5.75 Å². The van der Waals surface area contributed by atoms with E-state index in [0.29, 0.717) is 27.8 Å². The molecule has 0 saturated heterocycles. The number of hydrogen-bond donors (Lipinski definition) is 0. The van der Waals surface area contributed by atoms with Gasteiger partial charge in [-0.2, -0.15) is 0 Å². The van der Waals surface area contributed by atoms with Crippen molar-refractivity contribution in [2.45, 2.75) is 0 Å². The third-order valence-corrected chi connectivity index (χ3v) is 4.63. The molecule has 0 unspecified atom stereocenters. The summed E-state index contributed by atoms with van der Waals surface area (Å²) >= 11 is 0. The maximum absolute atomic E-state index is 13.3. The zero-order valence-corrected chi connectivity index (χ0v) is 14.9. The van der Waals surface area contributed by atoms with Gasteiger partial charge in [0.25, 0.3) is 5.91 Å². The predicted octanol–water partition coefficient (Wildman–Crippen LogP) is 4.28. The molecule has 0 spiro atoms. The monoisotopic (exact) mass is 359 g/mol. The number of fused-ring (bicyclic) bond motifs is 2. The molecule has 0 fully saturated rings. The van der Waals surface area contributed by atoms with Gasteiger partial charge in [0.2, 0.25) is 0 Å². The van der Waals surface area contributed by atoms with Gasteiger partial charge in [0, 0.05) is 11.6 Å². The molecule has 0 N–H and O–H groups in total. The van der Waals surface area contributed by atoms with Gasteiger partial charge in [0.1, 0.15) is 5.75 Å². The van der Waals surface area contributed by atoms with Crippen molar-refractivity contribution in [3.05, 3.63) is 78.0 Å². The van der Waals surface area contributed by atoms with Gasteiger partial charge in [-0.1, -0.05) is 42.5 Å². The molecule has 3 aromatic carbocycles. The van der Waals surface area contributed by atoms with Crippen molar-refractivity contribution in [2.75, 3.05) is 14.2 Å². The third kappa shape index (κ3) is 2.73. The molecule has 4 aromatic rings. The molecule has 5 nitrogen and oxygen atoms in total. The molecule has 0 atom stereocenters. The molecule has 27 heavy (non-hydrogen) atoms. The summed E-state index contributed by atoms with van der Waals surface area (Å²) in [5, 5.41) is 2.59.